The molecule has 114 valence electrons. The van der Waals surface area contributed by atoms with Crippen molar-refractivity contribution in [3.05, 3.63) is 0 Å². The summed E-state index contributed by atoms with van der Waals surface area (Å²) in [5.74, 6) is -0.921. The molecule has 1 atom stereocenters. The number of hydrogen-bond acceptors (Lipinski definition) is 4. The molecule has 6 nitrogen and oxygen atoms in total. The molecular formula is C13H21BrN2O4. The van der Waals surface area contributed by atoms with E-state index >= 15 is 0 Å². The minimum absolute atomic E-state index is 0.0866. The number of alkyl halides is 1. The average molecular weight is 349 g/mol. The lowest BCUT2D eigenvalue weighted by Crippen LogP contribution is -2.58. The predicted molar refractivity (Wildman–Crippen MR) is 77.4 cm³/mol. The van der Waals surface area contributed by atoms with Gasteiger partial charge in [0.2, 0.25) is 11.8 Å². The number of piperazine rings is 1. The van der Waals surface area contributed by atoms with Crippen LogP contribution in [0.5, 0.6) is 0 Å². The van der Waals surface area contributed by atoms with Crippen LogP contribution in [0.15, 0.2) is 0 Å². The van der Waals surface area contributed by atoms with Gasteiger partial charge in [-0.3, -0.25) is 14.4 Å². The molecule has 1 unspecified atom stereocenters. The lowest BCUT2D eigenvalue weighted by molar-refractivity contribution is -0.151. The molecule has 0 radical (unpaired) electrons. The van der Waals surface area contributed by atoms with Crippen LogP contribution in [0.25, 0.3) is 0 Å². The van der Waals surface area contributed by atoms with Crippen LogP contribution in [0.4, 0.5) is 0 Å². The maximum Gasteiger partial charge on any atom is 0.308 e. The van der Waals surface area contributed by atoms with Gasteiger partial charge in [-0.05, 0) is 6.42 Å². The van der Waals surface area contributed by atoms with E-state index in [1.807, 2.05) is 0 Å². The van der Waals surface area contributed by atoms with Crippen LogP contribution in [0.2, 0.25) is 0 Å². The van der Waals surface area contributed by atoms with E-state index in [9.17, 15) is 14.4 Å². The summed E-state index contributed by atoms with van der Waals surface area (Å²) in [6.45, 7) is 3.27. The fourth-order valence-corrected chi connectivity index (χ4v) is 2.37. The molecule has 1 aliphatic rings. The Hall–Kier alpha value is -1.11. The van der Waals surface area contributed by atoms with Crippen molar-refractivity contribution >= 4 is 33.7 Å². The number of nitrogens with zero attached hydrogens (tertiary/aromatic N) is 1. The largest absolute Gasteiger partial charge is 0.466 e. The third kappa shape index (κ3) is 5.11. The number of rotatable bonds is 7. The highest BCUT2D eigenvalue weighted by Crippen LogP contribution is 2.11. The third-order valence-electron chi connectivity index (χ3n) is 3.14. The number of nitrogens with one attached hydrogen (secondary N) is 1. The second-order valence-corrected chi connectivity index (χ2v) is 5.22. The molecule has 0 aromatic heterocycles. The van der Waals surface area contributed by atoms with E-state index in [1.165, 1.54) is 4.90 Å². The van der Waals surface area contributed by atoms with Gasteiger partial charge in [0, 0.05) is 13.1 Å². The smallest absolute Gasteiger partial charge is 0.308 e. The van der Waals surface area contributed by atoms with Crippen molar-refractivity contribution in [1.29, 1.82) is 0 Å². The van der Waals surface area contributed by atoms with Gasteiger partial charge in [0.15, 0.2) is 0 Å². The normalized spacial score (nSPS) is 18.6. The van der Waals surface area contributed by atoms with Crippen LogP contribution in [0, 0.1) is 0 Å². The van der Waals surface area contributed by atoms with Gasteiger partial charge < -0.3 is 15.0 Å². The molecule has 1 aliphatic heterocycles. The second-order valence-electron chi connectivity index (χ2n) is 4.66. The summed E-state index contributed by atoms with van der Waals surface area (Å²) in [4.78, 5) is 36.7. The molecule has 20 heavy (non-hydrogen) atoms. The van der Waals surface area contributed by atoms with Crippen molar-refractivity contribution in [3.8, 4) is 0 Å². The van der Waals surface area contributed by atoms with Gasteiger partial charge >= 0.3 is 5.97 Å². The summed E-state index contributed by atoms with van der Waals surface area (Å²) in [5.41, 5.74) is 0. The number of carbonyl (C=O) groups excluding carboxylic acids is 3. The Bertz CT molecular complexity index is 362. The fourth-order valence-electron chi connectivity index (χ4n) is 2.05. The lowest BCUT2D eigenvalue weighted by Gasteiger charge is -2.34. The Morgan fingerprint density at radius 1 is 1.45 bits per heavy atom. The first-order valence-electron chi connectivity index (χ1n) is 6.89. The van der Waals surface area contributed by atoms with E-state index in [0.29, 0.717) is 19.7 Å². The van der Waals surface area contributed by atoms with Crippen molar-refractivity contribution < 1.29 is 19.1 Å². The van der Waals surface area contributed by atoms with E-state index in [4.69, 9.17) is 4.74 Å². The van der Waals surface area contributed by atoms with Crippen molar-refractivity contribution in [1.82, 2.24) is 10.2 Å². The van der Waals surface area contributed by atoms with E-state index in [2.05, 4.69) is 28.2 Å². The molecule has 0 aliphatic carbocycles. The highest BCUT2D eigenvalue weighted by Gasteiger charge is 2.34. The highest BCUT2D eigenvalue weighted by atomic mass is 79.9. The molecule has 0 bridgehead atoms. The van der Waals surface area contributed by atoms with Gasteiger partial charge in [-0.1, -0.05) is 35.7 Å². The molecule has 1 N–H and O–H groups in total. The van der Waals surface area contributed by atoms with E-state index < -0.39 is 12.0 Å². The monoisotopic (exact) mass is 348 g/mol. The molecule has 1 fully saturated rings. The molecule has 0 saturated carbocycles. The van der Waals surface area contributed by atoms with Gasteiger partial charge in [0.1, 0.15) is 6.04 Å². The van der Waals surface area contributed by atoms with Gasteiger partial charge in [-0.25, -0.2) is 0 Å². The summed E-state index contributed by atoms with van der Waals surface area (Å²) in [6, 6.07) is -0.757. The zero-order chi connectivity index (χ0) is 15.0. The fraction of sp³-hybridized carbons (Fsp3) is 0.769. The zero-order valence-corrected chi connectivity index (χ0v) is 13.3. The number of carbonyl (C=O) groups is 3. The first kappa shape index (κ1) is 16.9. The summed E-state index contributed by atoms with van der Waals surface area (Å²) < 4.78 is 5.09. The number of ether oxygens (including phenoxy) is 1. The average Bonchev–Trinajstić information content (AvgIpc) is 2.45. The Balaban J connectivity index is 2.49. The number of hydrogen-bond donors (Lipinski definition) is 1. The Morgan fingerprint density at radius 3 is 2.85 bits per heavy atom. The maximum absolute atomic E-state index is 11.8. The van der Waals surface area contributed by atoms with Crippen LogP contribution in [0.3, 0.4) is 0 Å². The highest BCUT2D eigenvalue weighted by molar-refractivity contribution is 9.09. The number of amides is 2. The summed E-state index contributed by atoms with van der Waals surface area (Å²) in [6.07, 6.45) is 2.79. The molecule has 0 aromatic carbocycles. The van der Waals surface area contributed by atoms with Crippen LogP contribution >= 0.6 is 15.9 Å². The van der Waals surface area contributed by atoms with Gasteiger partial charge in [0.05, 0.1) is 18.4 Å². The molecular weight excluding hydrogens is 328 g/mol. The topological polar surface area (TPSA) is 75.7 Å². The first-order valence-corrected chi connectivity index (χ1v) is 8.01. The van der Waals surface area contributed by atoms with Crippen LogP contribution in [0.1, 0.15) is 32.6 Å². The van der Waals surface area contributed by atoms with E-state index in [1.54, 1.807) is 0 Å². The van der Waals surface area contributed by atoms with Crippen molar-refractivity contribution in [2.24, 2.45) is 0 Å². The summed E-state index contributed by atoms with van der Waals surface area (Å²) in [7, 11) is 0. The number of esters is 1. The summed E-state index contributed by atoms with van der Waals surface area (Å²) >= 11 is 3.08. The molecule has 0 spiro atoms. The van der Waals surface area contributed by atoms with Crippen LogP contribution in [-0.4, -0.2) is 53.8 Å². The van der Waals surface area contributed by atoms with Gasteiger partial charge in [-0.2, -0.15) is 0 Å². The first-order chi connectivity index (χ1) is 9.60. The maximum atomic E-state index is 11.8. The predicted octanol–water partition coefficient (Wildman–Crippen LogP) is 0.832. The minimum atomic E-state index is -0.757. The third-order valence-corrected chi connectivity index (χ3v) is 3.62. The lowest BCUT2D eigenvalue weighted by atomic mass is 10.1. The van der Waals surface area contributed by atoms with Crippen molar-refractivity contribution in [2.75, 3.05) is 25.0 Å². The van der Waals surface area contributed by atoms with Crippen LogP contribution in [-0.2, 0) is 19.1 Å². The quantitative estimate of drug-likeness (QED) is 0.420. The van der Waals surface area contributed by atoms with Gasteiger partial charge in [-0.15, -0.1) is 0 Å². The molecule has 7 heteroatoms. The molecule has 0 aromatic rings. The van der Waals surface area contributed by atoms with E-state index in [0.717, 1.165) is 19.3 Å². The Kier molecular flexibility index (Phi) is 7.58. The molecule has 1 heterocycles. The van der Waals surface area contributed by atoms with Gasteiger partial charge in [0.25, 0.3) is 0 Å². The molecule has 1 saturated heterocycles. The number of halogens is 1. The Labute approximate surface area is 127 Å². The Morgan fingerprint density at radius 2 is 2.20 bits per heavy atom. The van der Waals surface area contributed by atoms with Crippen molar-refractivity contribution in [3.63, 3.8) is 0 Å². The standard InChI is InChI=1S/C13H21BrN2O4/c1-2-3-4-7-20-12(18)8-10-13(19)15-5-6-16(10)11(17)9-14/h10H,2-9H2,1H3,(H,15,19). The zero-order valence-electron chi connectivity index (χ0n) is 11.7. The van der Waals surface area contributed by atoms with Crippen LogP contribution < -0.4 is 5.32 Å². The van der Waals surface area contributed by atoms with Crippen molar-refractivity contribution in [2.45, 2.75) is 38.6 Å². The minimum Gasteiger partial charge on any atom is -0.466 e. The number of unbranched alkanes of at least 4 members (excludes halogenated alkanes) is 2. The SMILES string of the molecule is CCCCCOC(=O)CC1C(=O)NCCN1C(=O)CBr. The molecule has 1 rings (SSSR count). The summed E-state index contributed by atoms with van der Waals surface area (Å²) in [5, 5.41) is 2.81. The van der Waals surface area contributed by atoms with E-state index in [-0.39, 0.29) is 23.6 Å². The molecule has 2 amide bonds. The second kappa shape index (κ2) is 8.94.